The van der Waals surface area contributed by atoms with Gasteiger partial charge in [0.2, 0.25) is 0 Å². The number of halogens is 3. The van der Waals surface area contributed by atoms with Crippen molar-refractivity contribution in [2.75, 3.05) is 37.7 Å². The zero-order valence-corrected chi connectivity index (χ0v) is 23.8. The molecular formula is C32H31F3N6O3. The van der Waals surface area contributed by atoms with E-state index >= 15 is 4.39 Å². The minimum Gasteiger partial charge on any atom is -0.508 e. The summed E-state index contributed by atoms with van der Waals surface area (Å²) in [5, 5.41) is 21.8. The second kappa shape index (κ2) is 10.8. The number of aromatic hydroxyl groups is 1. The monoisotopic (exact) mass is 604 g/mol. The van der Waals surface area contributed by atoms with Crippen LogP contribution in [0, 0.1) is 24.0 Å². The maximum atomic E-state index is 16.7. The fourth-order valence-electron chi connectivity index (χ4n) is 7.20. The van der Waals surface area contributed by atoms with Crippen molar-refractivity contribution < 1.29 is 28.1 Å². The normalized spacial score (nSPS) is 25.5. The number of aromatic nitrogens is 3. The minimum absolute atomic E-state index is 0.0883. The Labute approximate surface area is 251 Å². The topological polar surface area (TPSA) is 121 Å². The molecule has 3 fully saturated rings. The number of ether oxygens (including phenoxy) is 1. The molecule has 4 aromatic rings. The van der Waals surface area contributed by atoms with Gasteiger partial charge in [0.05, 0.1) is 22.6 Å². The van der Waals surface area contributed by atoms with E-state index in [0.717, 1.165) is 19.4 Å². The Bertz CT molecular complexity index is 1820. The molecule has 3 saturated heterocycles. The first-order chi connectivity index (χ1) is 21.2. The van der Waals surface area contributed by atoms with Gasteiger partial charge in [0.25, 0.3) is 0 Å². The maximum absolute atomic E-state index is 16.7. The Morgan fingerprint density at radius 2 is 2.02 bits per heavy atom. The Kier molecular flexibility index (Phi) is 6.99. The number of pyridine rings is 1. The standard InChI is InChI=1S/C32H31F3N6O3/c1-2-22-25(34)5-4-17-8-20(42)10-23(26(17)22)28-27(35)29-24(12-37-28)30(40-14-19(36)9-21(43)15-40)39-31(38-29)44-16-32-6-3-7-41(32)13-18(33)11-32/h1,4-5,8,10,12,18-19,21,42-43H,3,6-7,9,11,13-16,36H2/t18-,19+,21-,32+/m1/s1. The molecule has 4 atom stereocenters. The summed E-state index contributed by atoms with van der Waals surface area (Å²) < 4.78 is 51.9. The van der Waals surface area contributed by atoms with Gasteiger partial charge in [-0.2, -0.15) is 9.97 Å². The van der Waals surface area contributed by atoms with Crippen LogP contribution >= 0.6 is 0 Å². The van der Waals surface area contributed by atoms with E-state index in [2.05, 4.69) is 25.8 Å². The molecule has 2 aromatic carbocycles. The second-order valence-corrected chi connectivity index (χ2v) is 12.1. The van der Waals surface area contributed by atoms with Crippen molar-refractivity contribution in [3.05, 3.63) is 47.7 Å². The highest BCUT2D eigenvalue weighted by molar-refractivity contribution is 6.03. The Morgan fingerprint density at radius 1 is 1.18 bits per heavy atom. The van der Waals surface area contributed by atoms with E-state index in [-0.39, 0.29) is 69.9 Å². The summed E-state index contributed by atoms with van der Waals surface area (Å²) >= 11 is 0. The van der Waals surface area contributed by atoms with Crippen LogP contribution in [0.3, 0.4) is 0 Å². The molecule has 3 aliphatic rings. The molecule has 7 rings (SSSR count). The Hall–Kier alpha value is -4.18. The number of nitrogens with two attached hydrogens (primary N) is 1. The number of piperidine rings is 1. The molecule has 44 heavy (non-hydrogen) atoms. The van der Waals surface area contributed by atoms with Crippen molar-refractivity contribution in [3.8, 4) is 35.4 Å². The minimum atomic E-state index is -0.954. The number of phenols is 1. The number of benzene rings is 2. The quantitative estimate of drug-likeness (QED) is 0.293. The number of fused-ring (bicyclic) bond motifs is 3. The molecule has 0 radical (unpaired) electrons. The maximum Gasteiger partial charge on any atom is 0.319 e. The number of terminal acetylenes is 1. The fraction of sp³-hybridized carbons (Fsp3) is 0.406. The number of phenolic OH excluding ortho intramolecular Hbond substituents is 1. The van der Waals surface area contributed by atoms with Crippen molar-refractivity contribution >= 4 is 27.5 Å². The van der Waals surface area contributed by atoms with Crippen LogP contribution in [0.25, 0.3) is 32.9 Å². The van der Waals surface area contributed by atoms with Gasteiger partial charge in [0.15, 0.2) is 5.82 Å². The fourth-order valence-corrected chi connectivity index (χ4v) is 7.20. The van der Waals surface area contributed by atoms with Crippen molar-refractivity contribution in [1.29, 1.82) is 0 Å². The van der Waals surface area contributed by atoms with E-state index in [1.54, 1.807) is 4.90 Å². The molecule has 0 amide bonds. The predicted octanol–water partition coefficient (Wildman–Crippen LogP) is 3.66. The molecule has 2 aromatic heterocycles. The van der Waals surface area contributed by atoms with E-state index in [1.807, 2.05) is 0 Å². The van der Waals surface area contributed by atoms with Crippen LogP contribution in [0.4, 0.5) is 19.0 Å². The summed E-state index contributed by atoms with van der Waals surface area (Å²) in [6, 6.07) is 4.85. The third-order valence-corrected chi connectivity index (χ3v) is 9.09. The Morgan fingerprint density at radius 3 is 2.82 bits per heavy atom. The van der Waals surface area contributed by atoms with Crippen molar-refractivity contribution in [2.24, 2.45) is 5.73 Å². The van der Waals surface area contributed by atoms with Gasteiger partial charge in [-0.25, -0.2) is 13.2 Å². The van der Waals surface area contributed by atoms with Gasteiger partial charge >= 0.3 is 6.01 Å². The van der Waals surface area contributed by atoms with Crippen LogP contribution < -0.4 is 15.4 Å². The van der Waals surface area contributed by atoms with Gasteiger partial charge in [0.1, 0.15) is 41.4 Å². The van der Waals surface area contributed by atoms with Gasteiger partial charge in [-0.15, -0.1) is 6.42 Å². The van der Waals surface area contributed by atoms with Gasteiger partial charge < -0.3 is 25.6 Å². The molecule has 9 nitrogen and oxygen atoms in total. The zero-order chi connectivity index (χ0) is 30.7. The Balaban J connectivity index is 1.39. The molecule has 4 N–H and O–H groups in total. The highest BCUT2D eigenvalue weighted by Crippen LogP contribution is 2.42. The van der Waals surface area contributed by atoms with Crippen molar-refractivity contribution in [3.63, 3.8) is 0 Å². The van der Waals surface area contributed by atoms with E-state index in [0.29, 0.717) is 31.3 Å². The van der Waals surface area contributed by atoms with Gasteiger partial charge in [-0.3, -0.25) is 9.88 Å². The molecule has 3 aliphatic heterocycles. The van der Waals surface area contributed by atoms with Crippen LogP contribution in [-0.2, 0) is 0 Å². The van der Waals surface area contributed by atoms with Crippen LogP contribution in [0.2, 0.25) is 0 Å². The SMILES string of the molecule is C#Cc1c(F)ccc2cc(O)cc(-c3ncc4c(N5C[C@@H](N)C[C@@H](O)C5)nc(OC[C@@]56CCCN5C[C@H](F)C6)nc4c3F)c12. The summed E-state index contributed by atoms with van der Waals surface area (Å²) in [5.74, 6) is 0.900. The first-order valence-corrected chi connectivity index (χ1v) is 14.6. The predicted molar refractivity (Wildman–Crippen MR) is 159 cm³/mol. The molecule has 0 aliphatic carbocycles. The summed E-state index contributed by atoms with van der Waals surface area (Å²) in [4.78, 5) is 17.3. The van der Waals surface area contributed by atoms with Gasteiger partial charge in [-0.1, -0.05) is 12.0 Å². The number of β-amino-alcohol motifs (C(OH)–C–C–N with tert-alkyl or cyclic N) is 1. The van der Waals surface area contributed by atoms with E-state index in [9.17, 15) is 19.0 Å². The van der Waals surface area contributed by atoms with Crippen molar-refractivity contribution in [1.82, 2.24) is 19.9 Å². The van der Waals surface area contributed by atoms with Crippen molar-refractivity contribution in [2.45, 2.75) is 49.5 Å². The first kappa shape index (κ1) is 28.6. The summed E-state index contributed by atoms with van der Waals surface area (Å²) in [6.07, 6.45) is 7.78. The second-order valence-electron chi connectivity index (χ2n) is 12.1. The molecule has 0 unspecified atom stereocenters. The third-order valence-electron chi connectivity index (χ3n) is 9.09. The smallest absolute Gasteiger partial charge is 0.319 e. The number of hydrogen-bond acceptors (Lipinski definition) is 9. The molecule has 228 valence electrons. The summed E-state index contributed by atoms with van der Waals surface area (Å²) in [7, 11) is 0. The summed E-state index contributed by atoms with van der Waals surface area (Å²) in [5.41, 5.74) is 5.38. The number of hydrogen-bond donors (Lipinski definition) is 3. The average Bonchev–Trinajstić information content (AvgIpc) is 3.51. The first-order valence-electron chi connectivity index (χ1n) is 14.6. The number of alkyl halides is 1. The van der Waals surface area contributed by atoms with E-state index in [4.69, 9.17) is 16.9 Å². The highest BCUT2D eigenvalue weighted by Gasteiger charge is 2.49. The lowest BCUT2D eigenvalue weighted by molar-refractivity contribution is 0.107. The third kappa shape index (κ3) is 4.76. The number of rotatable bonds is 5. The van der Waals surface area contributed by atoms with Gasteiger partial charge in [0, 0.05) is 49.2 Å². The molecule has 0 spiro atoms. The number of aliphatic hydroxyl groups is 1. The molecule has 12 heteroatoms. The largest absolute Gasteiger partial charge is 0.508 e. The lowest BCUT2D eigenvalue weighted by Gasteiger charge is -2.35. The van der Waals surface area contributed by atoms with Crippen LogP contribution in [-0.4, -0.2) is 86.7 Å². The average molecular weight is 605 g/mol. The zero-order valence-electron chi connectivity index (χ0n) is 23.8. The van der Waals surface area contributed by atoms with Crippen LogP contribution in [0.5, 0.6) is 11.8 Å². The van der Waals surface area contributed by atoms with E-state index < -0.39 is 29.4 Å². The lowest BCUT2D eigenvalue weighted by Crippen LogP contribution is -2.49. The highest BCUT2D eigenvalue weighted by atomic mass is 19.1. The lowest BCUT2D eigenvalue weighted by atomic mass is 9.95. The summed E-state index contributed by atoms with van der Waals surface area (Å²) in [6.45, 7) is 1.79. The number of aliphatic hydroxyl groups excluding tert-OH is 1. The van der Waals surface area contributed by atoms with E-state index in [1.165, 1.54) is 30.5 Å². The molecule has 0 saturated carbocycles. The molecule has 5 heterocycles. The molecule has 0 bridgehead atoms. The number of nitrogens with zero attached hydrogens (tertiary/aromatic N) is 5. The number of anilines is 1. The van der Waals surface area contributed by atoms with Gasteiger partial charge in [-0.05, 0) is 49.4 Å². The van der Waals surface area contributed by atoms with Crippen LogP contribution in [0.1, 0.15) is 31.2 Å². The molecular weight excluding hydrogens is 573 g/mol. The van der Waals surface area contributed by atoms with Crippen LogP contribution in [0.15, 0.2) is 30.5 Å².